The first-order chi connectivity index (χ1) is 11.6. The van der Waals surface area contributed by atoms with Gasteiger partial charge in [-0.3, -0.25) is 14.9 Å². The smallest absolute Gasteiger partial charge is 0.389 e. The predicted molar refractivity (Wildman–Crippen MR) is 76.4 cm³/mol. The highest BCUT2D eigenvalue weighted by atomic mass is 16.6. The molecule has 1 aliphatic carbocycles. The maximum absolute atomic E-state index is 11.7. The molecule has 0 heterocycles. The van der Waals surface area contributed by atoms with Crippen molar-refractivity contribution in [2.24, 2.45) is 0 Å². The van der Waals surface area contributed by atoms with Gasteiger partial charge in [0.2, 0.25) is 0 Å². The van der Waals surface area contributed by atoms with E-state index < -0.39 is 62.5 Å². The largest absolute Gasteiger partial charge is 0.481 e. The minimum atomic E-state index is -3.71. The van der Waals surface area contributed by atoms with Gasteiger partial charge in [0.1, 0.15) is 5.57 Å². The average molecular weight is 351 g/mol. The van der Waals surface area contributed by atoms with Gasteiger partial charge in [-0.2, -0.15) is 0 Å². The zero-order valence-electron chi connectivity index (χ0n) is 12.1. The summed E-state index contributed by atoms with van der Waals surface area (Å²) in [4.78, 5) is 56.5. The molecule has 0 bridgehead atoms. The van der Waals surface area contributed by atoms with E-state index in [1.807, 2.05) is 0 Å². The molecule has 0 fully saturated rings. The third kappa shape index (κ3) is 2.21. The van der Waals surface area contributed by atoms with Gasteiger partial charge in [-0.1, -0.05) is 24.3 Å². The molecule has 0 amide bonds. The Hall–Kier alpha value is -3.76. The number of benzene rings is 1. The molecule has 0 radical (unpaired) electrons. The number of fused-ring (bicyclic) bond motifs is 1. The van der Waals surface area contributed by atoms with Crippen molar-refractivity contribution in [2.45, 2.75) is 11.5 Å². The standard InChI is InChI=1S/C14H9NO10/c16-10(17)7-5-3-1-2-4-6(5)8(11(18)19)14(13(22)23,15(24)25)9(7)12(20)21/h1-4,8H,(H,16,17)(H,18,19)(H,20,21)(H,22,23). The molecule has 0 saturated carbocycles. The monoisotopic (exact) mass is 351 g/mol. The lowest BCUT2D eigenvalue weighted by atomic mass is 9.66. The number of nitrogens with zero attached hydrogens (tertiary/aromatic N) is 1. The van der Waals surface area contributed by atoms with E-state index in [9.17, 15) is 49.7 Å². The summed E-state index contributed by atoms with van der Waals surface area (Å²) in [6.45, 7) is 0. The number of carboxylic acids is 4. The normalized spacial score (nSPS) is 22.0. The summed E-state index contributed by atoms with van der Waals surface area (Å²) in [5.41, 5.74) is -7.35. The van der Waals surface area contributed by atoms with Crippen molar-refractivity contribution in [2.75, 3.05) is 0 Å². The zero-order chi connectivity index (χ0) is 19.1. The Kier molecular flexibility index (Phi) is 4.01. The fourth-order valence-electron chi connectivity index (χ4n) is 2.98. The molecule has 1 aliphatic rings. The second-order valence-corrected chi connectivity index (χ2v) is 5.05. The first-order valence-corrected chi connectivity index (χ1v) is 6.49. The molecule has 2 rings (SSSR count). The van der Waals surface area contributed by atoms with Gasteiger partial charge in [0.25, 0.3) is 0 Å². The average Bonchev–Trinajstić information content (AvgIpc) is 2.50. The molecule has 1 aromatic rings. The van der Waals surface area contributed by atoms with Crippen LogP contribution >= 0.6 is 0 Å². The first kappa shape index (κ1) is 17.6. The molecule has 2 unspecified atom stereocenters. The minimum absolute atomic E-state index is 0.404. The van der Waals surface area contributed by atoms with Gasteiger partial charge in [-0.25, -0.2) is 14.4 Å². The molecular weight excluding hydrogens is 342 g/mol. The van der Waals surface area contributed by atoms with Crippen LogP contribution in [0.25, 0.3) is 5.57 Å². The summed E-state index contributed by atoms with van der Waals surface area (Å²) in [6.07, 6.45) is 0. The lowest BCUT2D eigenvalue weighted by Crippen LogP contribution is -2.59. The lowest BCUT2D eigenvalue weighted by molar-refractivity contribution is -0.545. The molecule has 25 heavy (non-hydrogen) atoms. The van der Waals surface area contributed by atoms with Gasteiger partial charge in [0.15, 0.2) is 5.92 Å². The summed E-state index contributed by atoms with van der Waals surface area (Å²) in [7, 11) is 0. The fourth-order valence-corrected chi connectivity index (χ4v) is 2.98. The number of hydrogen-bond acceptors (Lipinski definition) is 6. The topological polar surface area (TPSA) is 192 Å². The number of aliphatic carboxylic acids is 4. The van der Waals surface area contributed by atoms with Crippen molar-refractivity contribution in [1.82, 2.24) is 0 Å². The molecule has 130 valence electrons. The number of carboxylic acid groups (broad SMARTS) is 4. The third-order valence-electron chi connectivity index (χ3n) is 3.88. The molecule has 4 N–H and O–H groups in total. The fraction of sp³-hybridized carbons (Fsp3) is 0.143. The summed E-state index contributed by atoms with van der Waals surface area (Å²) in [5, 5.41) is 49.1. The highest BCUT2D eigenvalue weighted by Gasteiger charge is 2.70. The van der Waals surface area contributed by atoms with Crippen LogP contribution in [0.1, 0.15) is 17.0 Å². The van der Waals surface area contributed by atoms with E-state index in [2.05, 4.69) is 0 Å². The van der Waals surface area contributed by atoms with Crippen molar-refractivity contribution in [3.8, 4) is 0 Å². The molecule has 1 aromatic carbocycles. The first-order valence-electron chi connectivity index (χ1n) is 6.49. The van der Waals surface area contributed by atoms with Crippen LogP contribution in [0.3, 0.4) is 0 Å². The summed E-state index contributed by atoms with van der Waals surface area (Å²) in [6, 6.07) is 4.56. The Bertz CT molecular complexity index is 854. The van der Waals surface area contributed by atoms with Crippen LogP contribution in [0, 0.1) is 10.1 Å². The highest BCUT2D eigenvalue weighted by molar-refractivity contribution is 6.26. The van der Waals surface area contributed by atoms with Gasteiger partial charge in [0.05, 0.1) is 5.57 Å². The summed E-state index contributed by atoms with van der Waals surface area (Å²) >= 11 is 0. The lowest BCUT2D eigenvalue weighted by Gasteiger charge is -2.33. The number of rotatable bonds is 5. The van der Waals surface area contributed by atoms with E-state index in [4.69, 9.17) is 0 Å². The van der Waals surface area contributed by atoms with Gasteiger partial charge < -0.3 is 20.4 Å². The Balaban J connectivity index is 3.18. The molecule has 0 aliphatic heterocycles. The second-order valence-electron chi connectivity index (χ2n) is 5.05. The van der Waals surface area contributed by atoms with Gasteiger partial charge in [-0.05, 0) is 11.1 Å². The third-order valence-corrected chi connectivity index (χ3v) is 3.88. The van der Waals surface area contributed by atoms with Crippen molar-refractivity contribution in [1.29, 1.82) is 0 Å². The molecule has 0 aromatic heterocycles. The van der Waals surface area contributed by atoms with Crippen molar-refractivity contribution >= 4 is 29.5 Å². The molecule has 0 spiro atoms. The Morgan fingerprint density at radius 3 is 1.96 bits per heavy atom. The SMILES string of the molecule is O=C(O)C1=C(C(=O)O)C(C(=O)O)([N+](=O)[O-])C(C(=O)O)c2ccccc21. The zero-order valence-corrected chi connectivity index (χ0v) is 12.1. The summed E-state index contributed by atoms with van der Waals surface area (Å²) in [5.74, 6) is -10.9. The van der Waals surface area contributed by atoms with Crippen LogP contribution in [0.5, 0.6) is 0 Å². The molecule has 11 nitrogen and oxygen atoms in total. The molecule has 0 saturated heterocycles. The van der Waals surface area contributed by atoms with Crippen LogP contribution < -0.4 is 0 Å². The van der Waals surface area contributed by atoms with E-state index in [-0.39, 0.29) is 0 Å². The number of nitro groups is 1. The van der Waals surface area contributed by atoms with Crippen molar-refractivity contribution in [3.63, 3.8) is 0 Å². The Morgan fingerprint density at radius 1 is 1.00 bits per heavy atom. The molecule has 2 atom stereocenters. The van der Waals surface area contributed by atoms with Gasteiger partial charge >= 0.3 is 29.4 Å². The van der Waals surface area contributed by atoms with Gasteiger partial charge in [-0.15, -0.1) is 0 Å². The molecule has 11 heteroatoms. The van der Waals surface area contributed by atoms with Crippen LogP contribution in [-0.2, 0) is 19.2 Å². The Morgan fingerprint density at radius 2 is 1.56 bits per heavy atom. The quantitative estimate of drug-likeness (QED) is 0.411. The van der Waals surface area contributed by atoms with Crippen molar-refractivity contribution < 1.29 is 44.5 Å². The van der Waals surface area contributed by atoms with Crippen LogP contribution in [-0.4, -0.2) is 54.8 Å². The van der Waals surface area contributed by atoms with E-state index in [0.717, 1.165) is 12.1 Å². The minimum Gasteiger partial charge on any atom is -0.481 e. The van der Waals surface area contributed by atoms with Crippen LogP contribution in [0.4, 0.5) is 0 Å². The summed E-state index contributed by atoms with van der Waals surface area (Å²) < 4.78 is 0. The van der Waals surface area contributed by atoms with E-state index in [0.29, 0.717) is 0 Å². The van der Waals surface area contributed by atoms with E-state index in [1.54, 1.807) is 0 Å². The van der Waals surface area contributed by atoms with Crippen LogP contribution in [0.15, 0.2) is 29.8 Å². The number of carbonyl (C=O) groups is 4. The Labute approximate surface area is 137 Å². The number of hydrogen-bond donors (Lipinski definition) is 4. The van der Waals surface area contributed by atoms with Crippen molar-refractivity contribution in [3.05, 3.63) is 51.1 Å². The van der Waals surface area contributed by atoms with Gasteiger partial charge in [0, 0.05) is 4.92 Å². The predicted octanol–water partition coefficient (Wildman–Crippen LogP) is -0.109. The highest BCUT2D eigenvalue weighted by Crippen LogP contribution is 2.47. The van der Waals surface area contributed by atoms with Crippen LogP contribution in [0.2, 0.25) is 0 Å². The second kappa shape index (κ2) is 5.70. The molecular formula is C14H9NO10. The van der Waals surface area contributed by atoms with E-state index >= 15 is 0 Å². The van der Waals surface area contributed by atoms with E-state index in [1.165, 1.54) is 12.1 Å². The maximum atomic E-state index is 11.7. The maximum Gasteiger partial charge on any atom is 0.389 e.